The number of furan rings is 1. The Bertz CT molecular complexity index is 1140. The highest BCUT2D eigenvalue weighted by molar-refractivity contribution is 6.31. The third-order valence-electron chi connectivity index (χ3n) is 6.10. The number of hydrogen-bond acceptors (Lipinski definition) is 7. The molecular weight excluding hydrogens is 446 g/mol. The first-order chi connectivity index (χ1) is 16.0. The van der Waals surface area contributed by atoms with Crippen molar-refractivity contribution >= 4 is 17.5 Å². The summed E-state index contributed by atoms with van der Waals surface area (Å²) < 4.78 is 18.1. The summed E-state index contributed by atoms with van der Waals surface area (Å²) in [5.41, 5.74) is 1.49. The Morgan fingerprint density at radius 2 is 2.00 bits per heavy atom. The lowest BCUT2D eigenvalue weighted by atomic mass is 10.0. The first-order valence-corrected chi connectivity index (χ1v) is 11.4. The first-order valence-electron chi connectivity index (χ1n) is 11.0. The van der Waals surface area contributed by atoms with Crippen molar-refractivity contribution in [1.82, 2.24) is 25.0 Å². The molecule has 0 saturated heterocycles. The summed E-state index contributed by atoms with van der Waals surface area (Å²) in [6, 6.07) is 5.17. The second kappa shape index (κ2) is 9.07. The summed E-state index contributed by atoms with van der Waals surface area (Å²) in [7, 11) is 0. The lowest BCUT2D eigenvalue weighted by Gasteiger charge is -2.23. The highest BCUT2D eigenvalue weighted by Crippen LogP contribution is 2.37. The number of amides is 1. The van der Waals surface area contributed by atoms with Crippen LogP contribution in [0.3, 0.4) is 0 Å². The topological polar surface area (TPSA) is 94.7 Å². The number of carbonyl (C=O) groups is 1. The summed E-state index contributed by atoms with van der Waals surface area (Å²) >= 11 is 6.49. The zero-order valence-corrected chi connectivity index (χ0v) is 19.3. The number of aromatic nitrogens is 3. The molecule has 2 aliphatic heterocycles. The van der Waals surface area contributed by atoms with Gasteiger partial charge in [0, 0.05) is 43.7 Å². The van der Waals surface area contributed by atoms with Crippen LogP contribution >= 0.6 is 11.6 Å². The summed E-state index contributed by atoms with van der Waals surface area (Å²) in [5, 5.41) is 12.7. The second-order valence-corrected chi connectivity index (χ2v) is 9.06. The summed E-state index contributed by atoms with van der Waals surface area (Å²) in [4.78, 5) is 15.0. The quantitative estimate of drug-likeness (QED) is 0.588. The van der Waals surface area contributed by atoms with E-state index >= 15 is 0 Å². The van der Waals surface area contributed by atoms with Gasteiger partial charge in [-0.3, -0.25) is 9.69 Å². The molecule has 0 spiro atoms. The van der Waals surface area contributed by atoms with Crippen molar-refractivity contribution in [3.63, 3.8) is 0 Å². The molecule has 4 heterocycles. The maximum atomic E-state index is 12.7. The van der Waals surface area contributed by atoms with Gasteiger partial charge in [-0.25, -0.2) is 0 Å². The van der Waals surface area contributed by atoms with Crippen LogP contribution in [0.2, 0.25) is 5.02 Å². The SMILES string of the molecule is CC(C)C(NC(=O)c1ccoc1)c1nnc2n1CCN(Cc1cc3c(cc1Cl)OCO3)CC2. The molecule has 2 aliphatic rings. The van der Waals surface area contributed by atoms with Gasteiger partial charge in [0.15, 0.2) is 17.3 Å². The molecule has 0 fully saturated rings. The van der Waals surface area contributed by atoms with Crippen molar-refractivity contribution in [2.45, 2.75) is 39.4 Å². The Morgan fingerprint density at radius 3 is 2.76 bits per heavy atom. The number of nitrogens with one attached hydrogen (secondary N) is 1. The van der Waals surface area contributed by atoms with Crippen molar-refractivity contribution in [3.8, 4) is 11.5 Å². The number of halogens is 1. The van der Waals surface area contributed by atoms with Gasteiger partial charge in [0.05, 0.1) is 17.9 Å². The zero-order valence-electron chi connectivity index (χ0n) is 18.6. The molecule has 0 bridgehead atoms. The minimum absolute atomic E-state index is 0.140. The van der Waals surface area contributed by atoms with Crippen LogP contribution in [0.5, 0.6) is 11.5 Å². The standard InChI is InChI=1S/C23H26ClN5O4/c1-14(2)21(25-23(30)15-4-8-31-12-15)22-27-26-20-3-5-28(6-7-29(20)22)11-16-9-18-19(10-17(16)24)33-13-32-18/h4,8-10,12,14,21H,3,5-7,11,13H2,1-2H3,(H,25,30). The normalized spacial score (nSPS) is 16.5. The van der Waals surface area contributed by atoms with Gasteiger partial charge < -0.3 is 23.8 Å². The smallest absolute Gasteiger partial charge is 0.255 e. The molecule has 10 heteroatoms. The van der Waals surface area contributed by atoms with E-state index in [1.807, 2.05) is 12.1 Å². The third kappa shape index (κ3) is 4.43. The highest BCUT2D eigenvalue weighted by Gasteiger charge is 2.28. The Kier molecular flexibility index (Phi) is 5.99. The van der Waals surface area contributed by atoms with Crippen LogP contribution < -0.4 is 14.8 Å². The van der Waals surface area contributed by atoms with Gasteiger partial charge in [0.25, 0.3) is 5.91 Å². The van der Waals surface area contributed by atoms with E-state index in [2.05, 4.69) is 38.8 Å². The maximum Gasteiger partial charge on any atom is 0.255 e. The van der Waals surface area contributed by atoms with Crippen LogP contribution in [0.4, 0.5) is 0 Å². The average molecular weight is 472 g/mol. The van der Waals surface area contributed by atoms with Gasteiger partial charge in [-0.1, -0.05) is 25.4 Å². The first kappa shape index (κ1) is 21.8. The Hall–Kier alpha value is -3.04. The number of nitrogens with zero attached hydrogens (tertiary/aromatic N) is 4. The second-order valence-electron chi connectivity index (χ2n) is 8.66. The Labute approximate surface area is 196 Å². The zero-order chi connectivity index (χ0) is 22.9. The maximum absolute atomic E-state index is 12.7. The van der Waals surface area contributed by atoms with Gasteiger partial charge in [0.2, 0.25) is 6.79 Å². The Morgan fingerprint density at radius 1 is 1.18 bits per heavy atom. The van der Waals surface area contributed by atoms with Crippen molar-refractivity contribution in [1.29, 1.82) is 0 Å². The average Bonchev–Trinajstić information content (AvgIpc) is 3.53. The largest absolute Gasteiger partial charge is 0.472 e. The molecule has 1 amide bonds. The molecule has 0 radical (unpaired) electrons. The van der Waals surface area contributed by atoms with E-state index in [4.69, 9.17) is 25.5 Å². The van der Waals surface area contributed by atoms with E-state index in [-0.39, 0.29) is 24.7 Å². The summed E-state index contributed by atoms with van der Waals surface area (Å²) in [6.07, 6.45) is 3.69. The predicted molar refractivity (Wildman–Crippen MR) is 120 cm³/mol. The number of rotatable bonds is 6. The van der Waals surface area contributed by atoms with Crippen LogP contribution in [0, 0.1) is 5.92 Å². The molecule has 2 aromatic heterocycles. The molecule has 5 rings (SSSR count). The van der Waals surface area contributed by atoms with Crippen LogP contribution in [0.25, 0.3) is 0 Å². The summed E-state index contributed by atoms with van der Waals surface area (Å²) in [5.74, 6) is 3.07. The fourth-order valence-electron chi connectivity index (χ4n) is 4.25. The molecule has 9 nitrogen and oxygen atoms in total. The van der Waals surface area contributed by atoms with Crippen LogP contribution in [0.1, 0.15) is 47.5 Å². The lowest BCUT2D eigenvalue weighted by Crippen LogP contribution is -2.34. The van der Waals surface area contributed by atoms with E-state index in [0.717, 1.165) is 49.0 Å². The molecule has 3 aromatic rings. The van der Waals surface area contributed by atoms with E-state index in [1.165, 1.54) is 12.5 Å². The minimum Gasteiger partial charge on any atom is -0.472 e. The van der Waals surface area contributed by atoms with E-state index in [0.29, 0.717) is 22.9 Å². The molecular formula is C23H26ClN5O4. The monoisotopic (exact) mass is 471 g/mol. The summed E-state index contributed by atoms with van der Waals surface area (Å²) in [6.45, 7) is 7.42. The number of carbonyl (C=O) groups excluding carboxylic acids is 1. The van der Waals surface area contributed by atoms with Crippen molar-refractivity contribution in [2.24, 2.45) is 5.92 Å². The molecule has 33 heavy (non-hydrogen) atoms. The van der Waals surface area contributed by atoms with Gasteiger partial charge in [-0.15, -0.1) is 10.2 Å². The molecule has 1 aromatic carbocycles. The number of ether oxygens (including phenoxy) is 2. The number of benzene rings is 1. The number of hydrogen-bond donors (Lipinski definition) is 1. The van der Waals surface area contributed by atoms with Crippen molar-refractivity contribution < 1.29 is 18.7 Å². The minimum atomic E-state index is -0.261. The van der Waals surface area contributed by atoms with E-state index in [1.54, 1.807) is 6.07 Å². The fourth-order valence-corrected chi connectivity index (χ4v) is 4.46. The van der Waals surface area contributed by atoms with Crippen LogP contribution in [-0.2, 0) is 19.5 Å². The van der Waals surface area contributed by atoms with Gasteiger partial charge in [-0.05, 0) is 23.6 Å². The molecule has 1 N–H and O–H groups in total. The molecule has 0 saturated carbocycles. The van der Waals surface area contributed by atoms with E-state index in [9.17, 15) is 4.79 Å². The third-order valence-corrected chi connectivity index (χ3v) is 6.45. The Balaban J connectivity index is 1.31. The fraction of sp³-hybridized carbons (Fsp3) is 0.435. The molecule has 1 unspecified atom stereocenters. The lowest BCUT2D eigenvalue weighted by molar-refractivity contribution is 0.0921. The molecule has 174 valence electrons. The predicted octanol–water partition coefficient (Wildman–Crippen LogP) is 3.44. The number of fused-ring (bicyclic) bond motifs is 2. The van der Waals surface area contributed by atoms with Crippen molar-refractivity contribution in [2.75, 3.05) is 19.9 Å². The molecule has 1 atom stereocenters. The van der Waals surface area contributed by atoms with Gasteiger partial charge in [0.1, 0.15) is 12.1 Å². The van der Waals surface area contributed by atoms with Crippen molar-refractivity contribution in [3.05, 3.63) is 58.5 Å². The van der Waals surface area contributed by atoms with Gasteiger partial charge in [-0.2, -0.15) is 0 Å². The highest BCUT2D eigenvalue weighted by atomic mass is 35.5. The van der Waals surface area contributed by atoms with E-state index < -0.39 is 0 Å². The van der Waals surface area contributed by atoms with Crippen LogP contribution in [0.15, 0.2) is 35.1 Å². The molecule has 0 aliphatic carbocycles. The van der Waals surface area contributed by atoms with Crippen LogP contribution in [-0.4, -0.2) is 45.5 Å². The van der Waals surface area contributed by atoms with Gasteiger partial charge >= 0.3 is 0 Å².